The molecule has 0 unspecified atom stereocenters. The highest BCUT2D eigenvalue weighted by atomic mass is 19.1. The molecule has 0 saturated heterocycles. The maximum Gasteiger partial charge on any atom is 0.223 e. The van der Waals surface area contributed by atoms with E-state index in [9.17, 15) is 9.18 Å². The maximum atomic E-state index is 12.8. The minimum Gasteiger partial charge on any atom is -0.369 e. The molecule has 2 N–H and O–H groups in total. The van der Waals surface area contributed by atoms with Crippen LogP contribution < -0.4 is 5.73 Å². The lowest BCUT2D eigenvalue weighted by atomic mass is 9.86. The molecule has 1 aromatic rings. The third kappa shape index (κ3) is 2.52. The minimum atomic E-state index is -0.671. The number of carbonyl (C=O) groups excluding carboxylic acids is 1. The molecule has 0 bridgehead atoms. The summed E-state index contributed by atoms with van der Waals surface area (Å²) in [7, 11) is 0. The van der Waals surface area contributed by atoms with Gasteiger partial charge in [0.15, 0.2) is 0 Å². The zero-order chi connectivity index (χ0) is 10.8. The van der Waals surface area contributed by atoms with Crippen LogP contribution in [0.2, 0.25) is 0 Å². The molecule has 0 spiro atoms. The number of primary amides is 1. The Kier molecular flexibility index (Phi) is 2.84. The standard InChI is InChI=1S/C10H13FN2O/c1-10(2,9(12)14)4-7-3-8(11)6-13-5-7/h3,5-6H,4H2,1-2H3,(H2,12,14). The normalized spacial score (nSPS) is 11.4. The SMILES string of the molecule is CC(C)(Cc1cncc(F)c1)C(N)=O. The molecular weight excluding hydrogens is 183 g/mol. The summed E-state index contributed by atoms with van der Waals surface area (Å²) in [5.41, 5.74) is 5.21. The van der Waals surface area contributed by atoms with E-state index in [0.29, 0.717) is 12.0 Å². The molecule has 3 nitrogen and oxygen atoms in total. The van der Waals surface area contributed by atoms with E-state index in [1.807, 2.05) is 0 Å². The topological polar surface area (TPSA) is 56.0 Å². The van der Waals surface area contributed by atoms with Gasteiger partial charge < -0.3 is 5.73 Å². The van der Waals surface area contributed by atoms with Crippen LogP contribution in [0.25, 0.3) is 0 Å². The van der Waals surface area contributed by atoms with Gasteiger partial charge in [-0.05, 0) is 18.1 Å². The van der Waals surface area contributed by atoms with Gasteiger partial charge >= 0.3 is 0 Å². The molecule has 0 aliphatic rings. The van der Waals surface area contributed by atoms with Crippen molar-refractivity contribution in [3.05, 3.63) is 29.8 Å². The van der Waals surface area contributed by atoms with Crippen LogP contribution >= 0.6 is 0 Å². The van der Waals surface area contributed by atoms with Gasteiger partial charge in [0.25, 0.3) is 0 Å². The van der Waals surface area contributed by atoms with Crippen LogP contribution in [-0.2, 0) is 11.2 Å². The van der Waals surface area contributed by atoms with Gasteiger partial charge in [0.05, 0.1) is 6.20 Å². The van der Waals surface area contributed by atoms with Crippen molar-refractivity contribution in [3.63, 3.8) is 0 Å². The highest BCUT2D eigenvalue weighted by Crippen LogP contribution is 2.20. The zero-order valence-corrected chi connectivity index (χ0v) is 8.25. The number of nitrogens with two attached hydrogens (primary N) is 1. The quantitative estimate of drug-likeness (QED) is 0.791. The number of rotatable bonds is 3. The first-order valence-electron chi connectivity index (χ1n) is 4.31. The van der Waals surface area contributed by atoms with Crippen molar-refractivity contribution in [3.8, 4) is 0 Å². The van der Waals surface area contributed by atoms with Crippen LogP contribution in [0.5, 0.6) is 0 Å². The molecule has 1 aromatic heterocycles. The molecule has 0 aliphatic heterocycles. The molecule has 0 saturated carbocycles. The summed E-state index contributed by atoms with van der Waals surface area (Å²) in [5.74, 6) is -0.801. The molecular formula is C10H13FN2O. The van der Waals surface area contributed by atoms with Crippen LogP contribution in [0, 0.1) is 11.2 Å². The molecule has 0 atom stereocenters. The largest absolute Gasteiger partial charge is 0.369 e. The van der Waals surface area contributed by atoms with Gasteiger partial charge in [0.2, 0.25) is 5.91 Å². The Bertz CT molecular complexity index is 350. The van der Waals surface area contributed by atoms with E-state index in [2.05, 4.69) is 4.98 Å². The fourth-order valence-corrected chi connectivity index (χ4v) is 1.15. The number of nitrogens with zero attached hydrogens (tertiary/aromatic N) is 1. The lowest BCUT2D eigenvalue weighted by Crippen LogP contribution is -2.33. The molecule has 1 amide bonds. The summed E-state index contributed by atoms with van der Waals surface area (Å²) in [6.07, 6.45) is 3.06. The van der Waals surface area contributed by atoms with Gasteiger partial charge in [-0.15, -0.1) is 0 Å². The second-order valence-corrected chi connectivity index (χ2v) is 3.94. The van der Waals surface area contributed by atoms with Crippen molar-refractivity contribution in [2.45, 2.75) is 20.3 Å². The van der Waals surface area contributed by atoms with Crippen LogP contribution in [0.3, 0.4) is 0 Å². The number of aromatic nitrogens is 1. The van der Waals surface area contributed by atoms with Gasteiger partial charge in [-0.25, -0.2) is 4.39 Å². The van der Waals surface area contributed by atoms with E-state index in [1.165, 1.54) is 12.3 Å². The van der Waals surface area contributed by atoms with Gasteiger partial charge in [-0.2, -0.15) is 0 Å². The summed E-state index contributed by atoms with van der Waals surface area (Å²) >= 11 is 0. The summed E-state index contributed by atoms with van der Waals surface area (Å²) in [5, 5.41) is 0. The second-order valence-electron chi connectivity index (χ2n) is 3.94. The second kappa shape index (κ2) is 3.74. The molecule has 0 fully saturated rings. The average Bonchev–Trinajstić information content (AvgIpc) is 2.02. The molecule has 1 heterocycles. The minimum absolute atomic E-state index is 0.396. The summed E-state index contributed by atoms with van der Waals surface area (Å²) in [6, 6.07) is 1.36. The Morgan fingerprint density at radius 1 is 1.57 bits per heavy atom. The van der Waals surface area contributed by atoms with E-state index in [-0.39, 0.29) is 0 Å². The maximum absolute atomic E-state index is 12.8. The fraction of sp³-hybridized carbons (Fsp3) is 0.400. The number of hydrogen-bond acceptors (Lipinski definition) is 2. The number of halogens is 1. The summed E-state index contributed by atoms with van der Waals surface area (Å²) < 4.78 is 12.8. The Balaban J connectivity index is 2.83. The van der Waals surface area contributed by atoms with Crippen molar-refractivity contribution in [2.75, 3.05) is 0 Å². The third-order valence-electron chi connectivity index (χ3n) is 2.07. The number of amides is 1. The molecule has 14 heavy (non-hydrogen) atoms. The smallest absolute Gasteiger partial charge is 0.223 e. The van der Waals surface area contributed by atoms with Crippen molar-refractivity contribution in [1.29, 1.82) is 0 Å². The lowest BCUT2D eigenvalue weighted by Gasteiger charge is -2.19. The van der Waals surface area contributed by atoms with E-state index >= 15 is 0 Å². The predicted octanol–water partition coefficient (Wildman–Crippen LogP) is 1.27. The average molecular weight is 196 g/mol. The zero-order valence-electron chi connectivity index (χ0n) is 8.25. The number of pyridine rings is 1. The fourth-order valence-electron chi connectivity index (χ4n) is 1.15. The van der Waals surface area contributed by atoms with Crippen LogP contribution in [0.1, 0.15) is 19.4 Å². The van der Waals surface area contributed by atoms with Crippen molar-refractivity contribution in [2.24, 2.45) is 11.1 Å². The number of carbonyl (C=O) groups is 1. The predicted molar refractivity (Wildman–Crippen MR) is 50.9 cm³/mol. The first-order valence-corrected chi connectivity index (χ1v) is 4.31. The molecule has 0 radical (unpaired) electrons. The van der Waals surface area contributed by atoms with Crippen LogP contribution in [0.4, 0.5) is 4.39 Å². The van der Waals surface area contributed by atoms with Crippen molar-refractivity contribution < 1.29 is 9.18 Å². The molecule has 1 rings (SSSR count). The highest BCUT2D eigenvalue weighted by molar-refractivity contribution is 5.80. The van der Waals surface area contributed by atoms with E-state index in [0.717, 1.165) is 6.20 Å². The van der Waals surface area contributed by atoms with E-state index in [1.54, 1.807) is 13.8 Å². The van der Waals surface area contributed by atoms with Crippen molar-refractivity contribution >= 4 is 5.91 Å². The molecule has 0 aliphatic carbocycles. The summed E-state index contributed by atoms with van der Waals surface area (Å²) in [4.78, 5) is 14.7. The van der Waals surface area contributed by atoms with Crippen LogP contribution in [-0.4, -0.2) is 10.9 Å². The summed E-state index contributed by atoms with van der Waals surface area (Å²) in [6.45, 7) is 3.44. The monoisotopic (exact) mass is 196 g/mol. The number of hydrogen-bond donors (Lipinski definition) is 1. The first kappa shape index (κ1) is 10.6. The molecule has 76 valence electrons. The van der Waals surface area contributed by atoms with Gasteiger partial charge in [0, 0.05) is 11.6 Å². The van der Waals surface area contributed by atoms with Gasteiger partial charge in [-0.3, -0.25) is 9.78 Å². The van der Waals surface area contributed by atoms with E-state index in [4.69, 9.17) is 5.73 Å². The van der Waals surface area contributed by atoms with Crippen LogP contribution in [0.15, 0.2) is 18.5 Å². The molecule has 4 heteroatoms. The Labute approximate surface area is 82.1 Å². The van der Waals surface area contributed by atoms with Gasteiger partial charge in [0.1, 0.15) is 5.82 Å². The highest BCUT2D eigenvalue weighted by Gasteiger charge is 2.25. The van der Waals surface area contributed by atoms with Gasteiger partial charge in [-0.1, -0.05) is 13.8 Å². The first-order chi connectivity index (χ1) is 6.42. The van der Waals surface area contributed by atoms with E-state index < -0.39 is 17.1 Å². The van der Waals surface area contributed by atoms with Crippen molar-refractivity contribution in [1.82, 2.24) is 4.98 Å². The Hall–Kier alpha value is -1.45. The Morgan fingerprint density at radius 3 is 2.71 bits per heavy atom. The molecule has 0 aromatic carbocycles. The third-order valence-corrected chi connectivity index (χ3v) is 2.07. The Morgan fingerprint density at radius 2 is 2.21 bits per heavy atom. The lowest BCUT2D eigenvalue weighted by molar-refractivity contribution is -0.125.